The Hall–Kier alpha value is -1.79. The third-order valence-electron chi connectivity index (χ3n) is 2.14. The van der Waals surface area contributed by atoms with Crippen molar-refractivity contribution in [2.75, 3.05) is 6.61 Å². The van der Waals surface area contributed by atoms with Gasteiger partial charge in [-0.1, -0.05) is 17.7 Å². The molecule has 2 aromatic rings. The predicted octanol–water partition coefficient (Wildman–Crippen LogP) is 3.22. The molecule has 1 amide bonds. The van der Waals surface area contributed by atoms with Gasteiger partial charge in [-0.15, -0.1) is 0 Å². The number of carbonyl (C=O) groups excluding carboxylic acids is 1. The summed E-state index contributed by atoms with van der Waals surface area (Å²) in [4.78, 5) is 11.5. The third-order valence-corrected chi connectivity index (χ3v) is 2.80. The first-order valence-corrected chi connectivity index (χ1v) is 6.76. The Balaban J connectivity index is 1.77. The van der Waals surface area contributed by atoms with E-state index in [1.54, 1.807) is 36.4 Å². The second kappa shape index (κ2) is 7.12. The molecule has 0 bridgehead atoms. The van der Waals surface area contributed by atoms with Gasteiger partial charge in [0.05, 0.1) is 6.21 Å². The molecule has 0 unspecified atom stereocenters. The lowest BCUT2D eigenvalue weighted by Crippen LogP contribution is -2.24. The summed E-state index contributed by atoms with van der Waals surface area (Å²) in [6.07, 6.45) is 1.39. The number of nitrogens with one attached hydrogen (secondary N) is 1. The summed E-state index contributed by atoms with van der Waals surface area (Å²) in [5.74, 6) is 0.659. The normalized spacial score (nSPS) is 10.7. The monoisotopic (exact) mass is 356 g/mol. The van der Waals surface area contributed by atoms with Gasteiger partial charge in [-0.2, -0.15) is 5.10 Å². The van der Waals surface area contributed by atoms with E-state index in [0.29, 0.717) is 21.2 Å². The molecule has 0 radical (unpaired) electrons. The van der Waals surface area contributed by atoms with Crippen molar-refractivity contribution in [3.8, 4) is 5.75 Å². The number of halogens is 2. The maximum atomic E-state index is 11.5. The molecule has 0 saturated carbocycles. The zero-order chi connectivity index (χ0) is 14.4. The number of hydrazone groups is 1. The summed E-state index contributed by atoms with van der Waals surface area (Å²) in [5.41, 5.74) is 2.32. The highest BCUT2D eigenvalue weighted by molar-refractivity contribution is 9.10. The van der Waals surface area contributed by atoms with E-state index in [0.717, 1.165) is 0 Å². The lowest BCUT2D eigenvalue weighted by Gasteiger charge is -2.04. The highest BCUT2D eigenvalue weighted by Gasteiger charge is 2.02. The molecule has 1 heterocycles. The number of nitrogens with zero attached hydrogens (tertiary/aromatic N) is 1. The number of carbonyl (C=O) groups is 1. The minimum absolute atomic E-state index is 0.153. The number of hydrogen-bond acceptors (Lipinski definition) is 4. The van der Waals surface area contributed by atoms with Crippen LogP contribution in [0.5, 0.6) is 5.75 Å². The van der Waals surface area contributed by atoms with Crippen LogP contribution in [0.1, 0.15) is 5.76 Å². The Morgan fingerprint density at radius 1 is 1.45 bits per heavy atom. The van der Waals surface area contributed by atoms with Gasteiger partial charge in [0.15, 0.2) is 11.3 Å². The molecule has 0 aliphatic heterocycles. The maximum absolute atomic E-state index is 11.5. The van der Waals surface area contributed by atoms with E-state index in [1.807, 2.05) is 0 Å². The summed E-state index contributed by atoms with van der Waals surface area (Å²) >= 11 is 8.96. The van der Waals surface area contributed by atoms with Crippen molar-refractivity contribution in [3.63, 3.8) is 0 Å². The van der Waals surface area contributed by atoms with Gasteiger partial charge in [0.1, 0.15) is 11.5 Å². The molecule has 0 atom stereocenters. The molecule has 2 rings (SSSR count). The van der Waals surface area contributed by atoms with Crippen molar-refractivity contribution >= 4 is 39.7 Å². The smallest absolute Gasteiger partial charge is 0.277 e. The van der Waals surface area contributed by atoms with Crippen molar-refractivity contribution in [1.29, 1.82) is 0 Å². The van der Waals surface area contributed by atoms with Crippen LogP contribution in [0.2, 0.25) is 5.02 Å². The van der Waals surface area contributed by atoms with Crippen molar-refractivity contribution in [2.24, 2.45) is 5.10 Å². The van der Waals surface area contributed by atoms with Gasteiger partial charge in [0, 0.05) is 5.02 Å². The van der Waals surface area contributed by atoms with Gasteiger partial charge in [0.25, 0.3) is 5.91 Å². The summed E-state index contributed by atoms with van der Waals surface area (Å²) < 4.78 is 11.0. The molecule has 0 aliphatic carbocycles. The number of rotatable bonds is 5. The van der Waals surface area contributed by atoms with Crippen LogP contribution >= 0.6 is 27.5 Å². The van der Waals surface area contributed by atoms with E-state index in [9.17, 15) is 4.79 Å². The van der Waals surface area contributed by atoms with Crippen LogP contribution in [-0.4, -0.2) is 18.7 Å². The van der Waals surface area contributed by atoms with E-state index in [2.05, 4.69) is 26.5 Å². The molecule has 104 valence electrons. The van der Waals surface area contributed by atoms with Crippen molar-refractivity contribution < 1.29 is 13.9 Å². The van der Waals surface area contributed by atoms with E-state index < -0.39 is 0 Å². The molecule has 0 spiro atoms. The summed E-state index contributed by atoms with van der Waals surface area (Å²) in [7, 11) is 0. The van der Waals surface area contributed by atoms with Gasteiger partial charge in [-0.3, -0.25) is 4.79 Å². The Morgan fingerprint density at radius 2 is 2.30 bits per heavy atom. The van der Waals surface area contributed by atoms with Gasteiger partial charge in [-0.25, -0.2) is 5.43 Å². The summed E-state index contributed by atoms with van der Waals surface area (Å²) in [6, 6.07) is 10.2. The third kappa shape index (κ3) is 4.71. The second-order valence-corrected chi connectivity index (χ2v) is 4.90. The topological polar surface area (TPSA) is 63.8 Å². The van der Waals surface area contributed by atoms with Crippen LogP contribution in [-0.2, 0) is 4.79 Å². The Kier molecular flexibility index (Phi) is 5.20. The molecule has 1 N–H and O–H groups in total. The first kappa shape index (κ1) is 14.6. The molecule has 0 fully saturated rings. The zero-order valence-electron chi connectivity index (χ0n) is 10.2. The number of furan rings is 1. The first-order chi connectivity index (χ1) is 9.63. The van der Waals surface area contributed by atoms with Gasteiger partial charge in [-0.05, 0) is 46.3 Å². The lowest BCUT2D eigenvalue weighted by atomic mass is 10.3. The van der Waals surface area contributed by atoms with Crippen molar-refractivity contribution in [3.05, 3.63) is 51.9 Å². The number of benzene rings is 1. The average molecular weight is 358 g/mol. The van der Waals surface area contributed by atoms with Crippen molar-refractivity contribution in [1.82, 2.24) is 5.43 Å². The van der Waals surface area contributed by atoms with E-state index in [1.165, 1.54) is 6.21 Å². The fourth-order valence-corrected chi connectivity index (χ4v) is 1.80. The van der Waals surface area contributed by atoms with Crippen LogP contribution in [0, 0.1) is 0 Å². The molecular weight excluding hydrogens is 348 g/mol. The van der Waals surface area contributed by atoms with Crippen LogP contribution in [0.15, 0.2) is 50.6 Å². The molecule has 0 aliphatic rings. The largest absolute Gasteiger partial charge is 0.484 e. The first-order valence-electron chi connectivity index (χ1n) is 5.59. The van der Waals surface area contributed by atoms with E-state index >= 15 is 0 Å². The zero-order valence-corrected chi connectivity index (χ0v) is 12.5. The number of hydrogen-bond donors (Lipinski definition) is 1. The average Bonchev–Trinajstić information content (AvgIpc) is 2.82. The molecule has 20 heavy (non-hydrogen) atoms. The van der Waals surface area contributed by atoms with E-state index in [-0.39, 0.29) is 12.5 Å². The van der Waals surface area contributed by atoms with Gasteiger partial charge >= 0.3 is 0 Å². The fraction of sp³-hybridized carbons (Fsp3) is 0.0769. The Labute approximate surface area is 128 Å². The SMILES string of the molecule is O=C(COc1cccc(Cl)c1)NN=Cc1ccc(Br)o1. The number of ether oxygens (including phenoxy) is 1. The molecule has 0 saturated heterocycles. The summed E-state index contributed by atoms with van der Waals surface area (Å²) in [5, 5.41) is 4.29. The summed E-state index contributed by atoms with van der Waals surface area (Å²) in [6.45, 7) is -0.153. The molecule has 1 aromatic carbocycles. The Morgan fingerprint density at radius 3 is 3.00 bits per heavy atom. The molecule has 5 nitrogen and oxygen atoms in total. The second-order valence-electron chi connectivity index (χ2n) is 3.68. The lowest BCUT2D eigenvalue weighted by molar-refractivity contribution is -0.123. The highest BCUT2D eigenvalue weighted by Crippen LogP contribution is 2.16. The van der Waals surface area contributed by atoms with Gasteiger partial charge < -0.3 is 9.15 Å². The molecule has 7 heteroatoms. The van der Waals surface area contributed by atoms with Crippen molar-refractivity contribution in [2.45, 2.75) is 0 Å². The standard InChI is InChI=1S/C13H10BrClN2O3/c14-12-5-4-11(20-12)7-16-17-13(18)8-19-10-3-1-2-9(15)6-10/h1-7H,8H2,(H,17,18). The van der Waals surface area contributed by atoms with Crippen LogP contribution in [0.3, 0.4) is 0 Å². The van der Waals surface area contributed by atoms with Crippen LogP contribution in [0.25, 0.3) is 0 Å². The molecular formula is C13H10BrClN2O3. The number of amides is 1. The van der Waals surface area contributed by atoms with Gasteiger partial charge in [0.2, 0.25) is 0 Å². The highest BCUT2D eigenvalue weighted by atomic mass is 79.9. The maximum Gasteiger partial charge on any atom is 0.277 e. The predicted molar refractivity (Wildman–Crippen MR) is 79.1 cm³/mol. The Bertz CT molecular complexity index is 628. The molecule has 1 aromatic heterocycles. The minimum atomic E-state index is -0.383. The minimum Gasteiger partial charge on any atom is -0.484 e. The van der Waals surface area contributed by atoms with E-state index in [4.69, 9.17) is 20.8 Å². The fourth-order valence-electron chi connectivity index (χ4n) is 1.30. The quantitative estimate of drug-likeness (QED) is 0.660. The van der Waals surface area contributed by atoms with Crippen LogP contribution < -0.4 is 10.2 Å². The van der Waals surface area contributed by atoms with Crippen LogP contribution in [0.4, 0.5) is 0 Å².